The quantitative estimate of drug-likeness (QED) is 0.922. The summed E-state index contributed by atoms with van der Waals surface area (Å²) < 4.78 is 1.23. The third-order valence-corrected chi connectivity index (χ3v) is 5.01. The fourth-order valence-corrected chi connectivity index (χ4v) is 3.79. The van der Waals surface area contributed by atoms with E-state index in [0.717, 1.165) is 30.3 Å². The molecule has 106 valence electrons. The Bertz CT molecular complexity index is 620. The second kappa shape index (κ2) is 5.54. The highest BCUT2D eigenvalue weighted by Gasteiger charge is 2.29. The highest BCUT2D eigenvalue weighted by Crippen LogP contribution is 2.25. The van der Waals surface area contributed by atoms with Gasteiger partial charge >= 0.3 is 0 Å². The van der Waals surface area contributed by atoms with Crippen molar-refractivity contribution in [2.45, 2.75) is 38.3 Å². The first-order valence-electron chi connectivity index (χ1n) is 7.20. The van der Waals surface area contributed by atoms with Gasteiger partial charge in [0.2, 0.25) is 0 Å². The lowest BCUT2D eigenvalue weighted by molar-refractivity contribution is 0.0584. The van der Waals surface area contributed by atoms with Gasteiger partial charge in [-0.25, -0.2) is 0 Å². The van der Waals surface area contributed by atoms with E-state index in [4.69, 9.17) is 5.73 Å². The number of hydrogen-bond donors (Lipinski definition) is 1. The molecule has 0 bridgehead atoms. The Balaban J connectivity index is 1.89. The topological polar surface area (TPSA) is 46.3 Å². The minimum absolute atomic E-state index is 0.0316. The normalized spacial score (nSPS) is 21.1. The Morgan fingerprint density at radius 2 is 2.25 bits per heavy atom. The van der Waals surface area contributed by atoms with Crippen LogP contribution in [0.5, 0.6) is 0 Å². The van der Waals surface area contributed by atoms with Gasteiger partial charge in [0.25, 0.3) is 5.91 Å². The van der Waals surface area contributed by atoms with Gasteiger partial charge in [0, 0.05) is 28.9 Å². The highest BCUT2D eigenvalue weighted by atomic mass is 32.1. The lowest BCUT2D eigenvalue weighted by Crippen LogP contribution is -2.51. The van der Waals surface area contributed by atoms with Crippen molar-refractivity contribution in [3.05, 3.63) is 35.2 Å². The van der Waals surface area contributed by atoms with Gasteiger partial charge in [0.05, 0.1) is 0 Å². The lowest BCUT2D eigenvalue weighted by Gasteiger charge is -2.38. The van der Waals surface area contributed by atoms with E-state index in [1.54, 1.807) is 11.3 Å². The molecule has 2 atom stereocenters. The molecule has 1 aliphatic heterocycles. The van der Waals surface area contributed by atoms with Crippen molar-refractivity contribution in [3.63, 3.8) is 0 Å². The van der Waals surface area contributed by atoms with E-state index in [1.165, 1.54) is 11.1 Å². The largest absolute Gasteiger partial charge is 0.334 e. The number of thiophene rings is 1. The predicted molar refractivity (Wildman–Crippen MR) is 84.1 cm³/mol. The fourth-order valence-electron chi connectivity index (χ4n) is 3.02. The van der Waals surface area contributed by atoms with Crippen molar-refractivity contribution in [2.24, 2.45) is 5.73 Å². The minimum Gasteiger partial charge on any atom is -0.334 e. The van der Waals surface area contributed by atoms with Crippen molar-refractivity contribution >= 4 is 27.3 Å². The smallest absolute Gasteiger partial charge is 0.254 e. The molecular formula is C16H20N2OS. The average molecular weight is 288 g/mol. The lowest BCUT2D eigenvalue weighted by atomic mass is 9.96. The Hall–Kier alpha value is -1.39. The summed E-state index contributed by atoms with van der Waals surface area (Å²) in [5.41, 5.74) is 6.84. The monoisotopic (exact) mass is 288 g/mol. The van der Waals surface area contributed by atoms with Crippen LogP contribution in [-0.4, -0.2) is 29.4 Å². The molecule has 1 saturated heterocycles. The maximum absolute atomic E-state index is 12.8. The maximum Gasteiger partial charge on any atom is 0.254 e. The number of nitrogens with two attached hydrogens (primary N) is 1. The van der Waals surface area contributed by atoms with Crippen molar-refractivity contribution in [3.8, 4) is 0 Å². The third-order valence-electron chi connectivity index (χ3n) is 4.12. The van der Waals surface area contributed by atoms with E-state index in [-0.39, 0.29) is 18.0 Å². The van der Waals surface area contributed by atoms with Crippen LogP contribution in [0.25, 0.3) is 10.1 Å². The van der Waals surface area contributed by atoms with Gasteiger partial charge in [-0.15, -0.1) is 11.3 Å². The van der Waals surface area contributed by atoms with E-state index in [0.29, 0.717) is 0 Å². The van der Waals surface area contributed by atoms with Crippen LogP contribution in [0.15, 0.2) is 29.6 Å². The van der Waals surface area contributed by atoms with Gasteiger partial charge in [0.15, 0.2) is 0 Å². The van der Waals surface area contributed by atoms with Crippen LogP contribution in [0, 0.1) is 0 Å². The van der Waals surface area contributed by atoms with Gasteiger partial charge in [-0.3, -0.25) is 4.79 Å². The summed E-state index contributed by atoms with van der Waals surface area (Å²) in [5, 5.41) is 3.21. The number of benzene rings is 1. The Labute approximate surface area is 123 Å². The van der Waals surface area contributed by atoms with Gasteiger partial charge < -0.3 is 10.6 Å². The molecule has 20 heavy (non-hydrogen) atoms. The number of rotatable bonds is 2. The molecule has 2 aromatic rings. The molecular weight excluding hydrogens is 268 g/mol. The van der Waals surface area contributed by atoms with E-state index >= 15 is 0 Å². The number of carbonyl (C=O) groups is 1. The van der Waals surface area contributed by atoms with Crippen LogP contribution in [0.3, 0.4) is 0 Å². The van der Waals surface area contributed by atoms with Gasteiger partial charge in [-0.2, -0.15) is 0 Å². The van der Waals surface area contributed by atoms with Crippen molar-refractivity contribution in [1.29, 1.82) is 0 Å². The number of amides is 1. The van der Waals surface area contributed by atoms with E-state index in [1.807, 2.05) is 30.0 Å². The second-order valence-electron chi connectivity index (χ2n) is 5.59. The SMILES string of the molecule is C[C@H](N)[C@H]1CCCCN1C(=O)c1ccc2sccc2c1. The molecule has 1 amide bonds. The Kier molecular flexibility index (Phi) is 3.76. The van der Waals surface area contributed by atoms with E-state index < -0.39 is 0 Å². The predicted octanol–water partition coefficient (Wildman–Crippen LogP) is 3.24. The first kappa shape index (κ1) is 13.6. The standard InChI is InChI=1S/C16H20N2OS/c1-11(17)14-4-2-3-8-18(14)16(19)13-5-6-15-12(10-13)7-9-20-15/h5-7,9-11,14H,2-4,8,17H2,1H3/t11-,14+/m0/s1. The van der Waals surface area contributed by atoms with Crippen LogP contribution in [0.1, 0.15) is 36.5 Å². The molecule has 1 aromatic heterocycles. The summed E-state index contributed by atoms with van der Waals surface area (Å²) in [5.74, 6) is 0.125. The number of fused-ring (bicyclic) bond motifs is 1. The molecule has 0 saturated carbocycles. The Morgan fingerprint density at radius 1 is 1.40 bits per heavy atom. The number of carbonyl (C=O) groups excluding carboxylic acids is 1. The third kappa shape index (κ3) is 2.45. The maximum atomic E-state index is 12.8. The molecule has 2 heterocycles. The van der Waals surface area contributed by atoms with Gasteiger partial charge in [-0.05, 0) is 61.2 Å². The fraction of sp³-hybridized carbons (Fsp3) is 0.438. The van der Waals surface area contributed by atoms with Gasteiger partial charge in [-0.1, -0.05) is 0 Å². The van der Waals surface area contributed by atoms with Crippen molar-refractivity contribution < 1.29 is 4.79 Å². The zero-order chi connectivity index (χ0) is 14.1. The summed E-state index contributed by atoms with van der Waals surface area (Å²) >= 11 is 1.70. The van der Waals surface area contributed by atoms with Crippen molar-refractivity contribution in [2.75, 3.05) is 6.54 Å². The zero-order valence-electron chi connectivity index (χ0n) is 11.7. The second-order valence-corrected chi connectivity index (χ2v) is 6.54. The van der Waals surface area contributed by atoms with E-state index in [2.05, 4.69) is 11.4 Å². The number of hydrogen-bond acceptors (Lipinski definition) is 3. The van der Waals surface area contributed by atoms with Crippen molar-refractivity contribution in [1.82, 2.24) is 4.90 Å². The molecule has 0 unspecified atom stereocenters. The van der Waals surface area contributed by atoms with Crippen LogP contribution >= 0.6 is 11.3 Å². The van der Waals surface area contributed by atoms with E-state index in [9.17, 15) is 4.79 Å². The summed E-state index contributed by atoms with van der Waals surface area (Å²) in [6.07, 6.45) is 3.26. The summed E-state index contributed by atoms with van der Waals surface area (Å²) in [7, 11) is 0. The van der Waals surface area contributed by atoms with Crippen LogP contribution in [-0.2, 0) is 0 Å². The number of nitrogens with zero attached hydrogens (tertiary/aromatic N) is 1. The molecule has 0 spiro atoms. The molecule has 1 aromatic carbocycles. The summed E-state index contributed by atoms with van der Waals surface area (Å²) in [4.78, 5) is 14.7. The summed E-state index contributed by atoms with van der Waals surface area (Å²) in [6.45, 7) is 2.82. The molecule has 3 nitrogen and oxygen atoms in total. The molecule has 1 fully saturated rings. The average Bonchev–Trinajstić information content (AvgIpc) is 2.93. The number of piperidine rings is 1. The van der Waals surface area contributed by atoms with Gasteiger partial charge in [0.1, 0.15) is 0 Å². The summed E-state index contributed by atoms with van der Waals surface area (Å²) in [6, 6.07) is 8.25. The van der Waals surface area contributed by atoms with Crippen LogP contribution in [0.2, 0.25) is 0 Å². The molecule has 0 radical (unpaired) electrons. The van der Waals surface area contributed by atoms with Crippen LogP contribution < -0.4 is 5.73 Å². The number of likely N-dealkylation sites (tertiary alicyclic amines) is 1. The zero-order valence-corrected chi connectivity index (χ0v) is 12.5. The molecule has 0 aliphatic carbocycles. The molecule has 2 N–H and O–H groups in total. The first-order valence-corrected chi connectivity index (χ1v) is 8.08. The molecule has 1 aliphatic rings. The Morgan fingerprint density at radius 3 is 3.05 bits per heavy atom. The first-order chi connectivity index (χ1) is 9.66. The molecule has 3 rings (SSSR count). The molecule has 4 heteroatoms. The minimum atomic E-state index is 0.0316. The van der Waals surface area contributed by atoms with Crippen LogP contribution in [0.4, 0.5) is 0 Å². The highest BCUT2D eigenvalue weighted by molar-refractivity contribution is 7.17.